The largest absolute Gasteiger partial charge is 0.493 e. The smallest absolute Gasteiger partial charge is 0.249 e. The van der Waals surface area contributed by atoms with Gasteiger partial charge in [-0.25, -0.2) is 0 Å². The molecule has 3 unspecified atom stereocenters. The number of nitrogens with one attached hydrogen (secondary N) is 1. The van der Waals surface area contributed by atoms with Crippen molar-refractivity contribution in [3.63, 3.8) is 0 Å². The highest BCUT2D eigenvalue weighted by atomic mass is 127. The van der Waals surface area contributed by atoms with Gasteiger partial charge in [0.15, 0.2) is 11.5 Å². The second-order valence-corrected chi connectivity index (χ2v) is 11.2. The maximum atomic E-state index is 13.5. The van der Waals surface area contributed by atoms with E-state index >= 15 is 0 Å². The lowest BCUT2D eigenvalue weighted by Crippen LogP contribution is -2.55. The van der Waals surface area contributed by atoms with Crippen molar-refractivity contribution < 1.29 is 39.1 Å². The quantitative estimate of drug-likeness (QED) is 0.232. The second kappa shape index (κ2) is 15.9. The number of nitrogens with zero attached hydrogens (tertiary/aromatic N) is 1. The molecule has 0 spiro atoms. The minimum Gasteiger partial charge on any atom is -0.493 e. The maximum absolute atomic E-state index is 13.5. The van der Waals surface area contributed by atoms with Gasteiger partial charge in [-0.3, -0.25) is 9.59 Å². The lowest BCUT2D eigenvalue weighted by molar-refractivity contribution is -0.144. The molecular formula is C28H33Cl2IN2O8. The Labute approximate surface area is 262 Å². The van der Waals surface area contributed by atoms with Crippen LogP contribution in [0.2, 0.25) is 10.0 Å². The van der Waals surface area contributed by atoms with Crippen LogP contribution in [0, 0.1) is 3.57 Å². The normalized spacial score (nSPS) is 18.4. The third kappa shape index (κ3) is 8.69. The molecule has 2 amide bonds. The average molecular weight is 723 g/mol. The third-order valence-corrected chi connectivity index (χ3v) is 7.83. The number of hydrogen-bond acceptors (Lipinski definition) is 8. The van der Waals surface area contributed by atoms with E-state index in [2.05, 4.69) is 5.32 Å². The molecule has 0 saturated heterocycles. The fourth-order valence-electron chi connectivity index (χ4n) is 4.39. The number of carbonyl (C=O) groups is 2. The summed E-state index contributed by atoms with van der Waals surface area (Å²) in [5.74, 6) is -0.262. The maximum Gasteiger partial charge on any atom is 0.249 e. The number of methoxy groups -OCH3 is 1. The van der Waals surface area contributed by atoms with E-state index in [1.165, 1.54) is 18.1 Å². The number of rotatable bonds is 13. The highest BCUT2D eigenvalue weighted by Crippen LogP contribution is 2.37. The van der Waals surface area contributed by atoms with Gasteiger partial charge in [-0.2, -0.15) is 0 Å². The molecule has 3 atom stereocenters. The summed E-state index contributed by atoms with van der Waals surface area (Å²) in [6.45, 7) is 1.38. The molecule has 0 aromatic heterocycles. The Morgan fingerprint density at radius 2 is 1.95 bits per heavy atom. The number of amides is 2. The standard InChI is InChI=1S/C28H33Cl2IN2O8/c1-3-40-15-25(36)33(13-17-4-5-19(29)12-20(17)30)22-10-18(28(38)32-6-7-34)11-23(26(22)37)41-27-21(31)8-16(14-35)9-24(27)39-2/h4-5,8-9,11-12,22-23,26,34-35,37H,3,6-7,10,13-15H2,1-2H3,(H,32,38). The summed E-state index contributed by atoms with van der Waals surface area (Å²) >= 11 is 14.5. The van der Waals surface area contributed by atoms with Crippen molar-refractivity contribution in [1.29, 1.82) is 0 Å². The number of aliphatic hydroxyl groups is 3. The number of carbonyl (C=O) groups excluding carboxylic acids is 2. The zero-order valence-electron chi connectivity index (χ0n) is 22.6. The molecule has 4 N–H and O–H groups in total. The van der Waals surface area contributed by atoms with Gasteiger partial charge in [-0.05, 0) is 71.0 Å². The van der Waals surface area contributed by atoms with Crippen LogP contribution in [0.4, 0.5) is 0 Å². The molecular weight excluding hydrogens is 690 g/mol. The molecule has 0 bridgehead atoms. The van der Waals surface area contributed by atoms with Crippen molar-refractivity contribution in [3.8, 4) is 11.5 Å². The van der Waals surface area contributed by atoms with E-state index < -0.39 is 30.1 Å². The average Bonchev–Trinajstić information content (AvgIpc) is 2.96. The Morgan fingerprint density at radius 1 is 1.20 bits per heavy atom. The molecule has 10 nitrogen and oxygen atoms in total. The first-order valence-corrected chi connectivity index (χ1v) is 14.7. The Hall–Kier alpha value is -2.13. The van der Waals surface area contributed by atoms with Crippen LogP contribution in [0.15, 0.2) is 42.0 Å². The van der Waals surface area contributed by atoms with Gasteiger partial charge < -0.3 is 39.7 Å². The Balaban J connectivity index is 2.05. The molecule has 0 radical (unpaired) electrons. The van der Waals surface area contributed by atoms with Crippen molar-refractivity contribution in [1.82, 2.24) is 10.2 Å². The van der Waals surface area contributed by atoms with E-state index in [1.807, 2.05) is 22.6 Å². The monoisotopic (exact) mass is 722 g/mol. The van der Waals surface area contributed by atoms with Crippen molar-refractivity contribution in [2.75, 3.05) is 33.5 Å². The fourth-order valence-corrected chi connectivity index (χ4v) is 5.65. The Kier molecular flexibility index (Phi) is 13.0. The summed E-state index contributed by atoms with van der Waals surface area (Å²) < 4.78 is 17.7. The molecule has 41 heavy (non-hydrogen) atoms. The minimum absolute atomic E-state index is 0.000953. The number of ether oxygens (including phenoxy) is 3. The van der Waals surface area contributed by atoms with Crippen LogP contribution in [-0.4, -0.2) is 83.8 Å². The van der Waals surface area contributed by atoms with E-state index in [1.54, 1.807) is 37.3 Å². The zero-order valence-corrected chi connectivity index (χ0v) is 26.3. The first-order chi connectivity index (χ1) is 19.6. The summed E-state index contributed by atoms with van der Waals surface area (Å²) in [6.07, 6.45) is -0.851. The van der Waals surface area contributed by atoms with Crippen molar-refractivity contribution >= 4 is 57.6 Å². The summed E-state index contributed by atoms with van der Waals surface area (Å²) in [7, 11) is 1.45. The lowest BCUT2D eigenvalue weighted by Gasteiger charge is -2.40. The van der Waals surface area contributed by atoms with Crippen LogP contribution in [-0.2, 0) is 27.5 Å². The van der Waals surface area contributed by atoms with E-state index in [4.69, 9.17) is 37.4 Å². The van der Waals surface area contributed by atoms with Gasteiger partial charge in [0.2, 0.25) is 11.8 Å². The molecule has 0 fully saturated rings. The van der Waals surface area contributed by atoms with Gasteiger partial charge in [0.25, 0.3) is 0 Å². The lowest BCUT2D eigenvalue weighted by atomic mass is 9.87. The van der Waals surface area contributed by atoms with Crippen LogP contribution in [0.3, 0.4) is 0 Å². The van der Waals surface area contributed by atoms with Crippen molar-refractivity contribution in [2.45, 2.75) is 44.7 Å². The number of halogens is 3. The Morgan fingerprint density at radius 3 is 2.59 bits per heavy atom. The molecule has 13 heteroatoms. The molecule has 3 rings (SSSR count). The van der Waals surface area contributed by atoms with E-state index in [0.717, 1.165) is 0 Å². The van der Waals surface area contributed by atoms with E-state index in [-0.39, 0.29) is 44.9 Å². The molecule has 2 aromatic carbocycles. The predicted octanol–water partition coefficient (Wildman–Crippen LogP) is 3.08. The van der Waals surface area contributed by atoms with Gasteiger partial charge >= 0.3 is 0 Å². The van der Waals surface area contributed by atoms with Gasteiger partial charge in [-0.1, -0.05) is 29.3 Å². The highest BCUT2D eigenvalue weighted by Gasteiger charge is 2.41. The van der Waals surface area contributed by atoms with Crippen molar-refractivity contribution in [2.24, 2.45) is 0 Å². The molecule has 0 saturated carbocycles. The number of aliphatic hydroxyl groups excluding tert-OH is 3. The topological polar surface area (TPSA) is 138 Å². The van der Waals surface area contributed by atoms with Gasteiger partial charge in [0.05, 0.1) is 29.9 Å². The van der Waals surface area contributed by atoms with Gasteiger partial charge in [0, 0.05) is 41.7 Å². The summed E-state index contributed by atoms with van der Waals surface area (Å²) in [5, 5.41) is 33.8. The van der Waals surface area contributed by atoms with E-state index in [0.29, 0.717) is 42.8 Å². The van der Waals surface area contributed by atoms with Gasteiger partial charge in [-0.15, -0.1) is 0 Å². The molecule has 0 heterocycles. The molecule has 0 aliphatic heterocycles. The number of benzene rings is 2. The minimum atomic E-state index is -1.28. The number of hydrogen-bond donors (Lipinski definition) is 4. The summed E-state index contributed by atoms with van der Waals surface area (Å²) in [6, 6.07) is 7.31. The summed E-state index contributed by atoms with van der Waals surface area (Å²) in [5.41, 5.74) is 1.45. The fraction of sp³-hybridized carbons (Fsp3) is 0.429. The predicted molar refractivity (Wildman–Crippen MR) is 162 cm³/mol. The first kappa shape index (κ1) is 33.4. The molecule has 1 aliphatic rings. The van der Waals surface area contributed by atoms with Crippen LogP contribution < -0.4 is 14.8 Å². The third-order valence-electron chi connectivity index (χ3n) is 6.45. The van der Waals surface area contributed by atoms with Crippen LogP contribution in [0.1, 0.15) is 24.5 Å². The van der Waals surface area contributed by atoms with Gasteiger partial charge in [0.1, 0.15) is 18.8 Å². The molecule has 1 aliphatic carbocycles. The second-order valence-electron chi connectivity index (χ2n) is 9.18. The van der Waals surface area contributed by atoms with Crippen LogP contribution >= 0.6 is 45.8 Å². The van der Waals surface area contributed by atoms with E-state index in [9.17, 15) is 24.9 Å². The molecule has 224 valence electrons. The Bertz CT molecular complexity index is 1260. The van der Waals surface area contributed by atoms with Crippen molar-refractivity contribution in [3.05, 3.63) is 66.7 Å². The summed E-state index contributed by atoms with van der Waals surface area (Å²) in [4.78, 5) is 27.9. The van der Waals surface area contributed by atoms with Crippen LogP contribution in [0.5, 0.6) is 11.5 Å². The van der Waals surface area contributed by atoms with Crippen LogP contribution in [0.25, 0.3) is 0 Å². The highest BCUT2D eigenvalue weighted by molar-refractivity contribution is 14.1. The SMILES string of the molecule is CCOCC(=O)N(Cc1ccc(Cl)cc1Cl)C1CC(C(=O)NCCO)=CC(Oc2c(I)cc(CO)cc2OC)C1O. The molecule has 2 aromatic rings. The first-order valence-electron chi connectivity index (χ1n) is 12.9. The zero-order chi connectivity index (χ0) is 30.1.